The van der Waals surface area contributed by atoms with Crippen molar-refractivity contribution in [2.75, 3.05) is 4.90 Å². The van der Waals surface area contributed by atoms with Gasteiger partial charge in [-0.15, -0.1) is 0 Å². The van der Waals surface area contributed by atoms with Crippen molar-refractivity contribution in [1.29, 1.82) is 0 Å². The number of hydrogen-bond donors (Lipinski definition) is 3. The fraction of sp³-hybridized carbons (Fsp3) is 0.0800. The van der Waals surface area contributed by atoms with Crippen LogP contribution in [0.25, 0.3) is 11.3 Å². The number of phenolic OH excluding ortho intramolecular Hbond substituents is 1. The summed E-state index contributed by atoms with van der Waals surface area (Å²) in [5.41, 5.74) is 2.15. The average Bonchev–Trinajstić information content (AvgIpc) is 3.45. The summed E-state index contributed by atoms with van der Waals surface area (Å²) in [6.07, 6.45) is 1.71. The van der Waals surface area contributed by atoms with E-state index in [2.05, 4.69) is 10.3 Å². The van der Waals surface area contributed by atoms with E-state index in [1.54, 1.807) is 48.7 Å². The van der Waals surface area contributed by atoms with E-state index in [1.807, 2.05) is 35.2 Å². The topological polar surface area (TPSA) is 98.8 Å². The first-order chi connectivity index (χ1) is 16.0. The zero-order valence-electron chi connectivity index (χ0n) is 17.3. The third kappa shape index (κ3) is 3.81. The Morgan fingerprint density at radius 3 is 2.61 bits per heavy atom. The number of carboxylic acids is 1. The second kappa shape index (κ2) is 8.40. The number of aromatic hydroxyl groups is 1. The Morgan fingerprint density at radius 1 is 1.03 bits per heavy atom. The Bertz CT molecular complexity index is 1340. The number of phenols is 1. The SMILES string of the molecule is O=C(O)c1cccc(-c2ccc([C@@H]3[C@H](c4ccccn4)NC(=S)N3c3ccccc3O)o2)c1. The predicted octanol–water partition coefficient (Wildman–Crippen LogP) is 4.92. The van der Waals surface area contributed by atoms with Gasteiger partial charge in [0.05, 0.1) is 23.0 Å². The largest absolute Gasteiger partial charge is 0.506 e. The molecule has 7 nitrogen and oxygen atoms in total. The van der Waals surface area contributed by atoms with E-state index in [0.29, 0.717) is 27.9 Å². The van der Waals surface area contributed by atoms with Crippen molar-refractivity contribution in [3.05, 3.63) is 102 Å². The van der Waals surface area contributed by atoms with Crippen LogP contribution in [-0.4, -0.2) is 26.3 Å². The van der Waals surface area contributed by atoms with Crippen molar-refractivity contribution in [3.8, 4) is 17.1 Å². The smallest absolute Gasteiger partial charge is 0.335 e. The van der Waals surface area contributed by atoms with Crippen LogP contribution in [0, 0.1) is 0 Å². The molecular weight excluding hydrogens is 438 g/mol. The van der Waals surface area contributed by atoms with Crippen LogP contribution in [0.15, 0.2) is 89.5 Å². The van der Waals surface area contributed by atoms with E-state index in [9.17, 15) is 15.0 Å². The number of rotatable bonds is 5. The van der Waals surface area contributed by atoms with E-state index < -0.39 is 12.0 Å². The van der Waals surface area contributed by atoms with Crippen molar-refractivity contribution in [1.82, 2.24) is 10.3 Å². The number of carboxylic acid groups (broad SMARTS) is 1. The standard InChI is InChI=1S/C25H19N3O4S/c29-19-10-2-1-9-18(19)28-23(22(27-25(28)33)17-8-3-4-13-26-17)21-12-11-20(32-21)15-6-5-7-16(14-15)24(30)31/h1-14,22-23,29H,(H,27,33)(H,30,31)/t22-,23+/m0/s1. The van der Waals surface area contributed by atoms with E-state index in [-0.39, 0.29) is 17.4 Å². The van der Waals surface area contributed by atoms with Crippen LogP contribution in [-0.2, 0) is 0 Å². The van der Waals surface area contributed by atoms with E-state index in [0.717, 1.165) is 5.69 Å². The molecule has 2 aromatic carbocycles. The highest BCUT2D eigenvalue weighted by atomic mass is 32.1. The number of furan rings is 1. The molecule has 0 bridgehead atoms. The third-order valence-electron chi connectivity index (χ3n) is 5.55. The molecule has 0 amide bonds. The molecule has 1 aliphatic rings. The number of benzene rings is 2. The Balaban J connectivity index is 1.60. The van der Waals surface area contributed by atoms with Gasteiger partial charge < -0.3 is 24.8 Å². The molecule has 33 heavy (non-hydrogen) atoms. The molecule has 0 unspecified atom stereocenters. The molecule has 0 radical (unpaired) electrons. The van der Waals surface area contributed by atoms with Gasteiger partial charge in [-0.1, -0.05) is 30.3 Å². The summed E-state index contributed by atoms with van der Waals surface area (Å²) in [4.78, 5) is 17.7. The number of pyridine rings is 1. The lowest BCUT2D eigenvalue weighted by atomic mass is 10.0. The molecule has 3 N–H and O–H groups in total. The number of aromatic carboxylic acids is 1. The minimum atomic E-state index is -1.00. The number of carbonyl (C=O) groups is 1. The monoisotopic (exact) mass is 457 g/mol. The molecule has 2 aromatic heterocycles. The molecule has 1 fully saturated rings. The lowest BCUT2D eigenvalue weighted by Gasteiger charge is -2.26. The van der Waals surface area contributed by atoms with Crippen LogP contribution in [0.5, 0.6) is 5.75 Å². The summed E-state index contributed by atoms with van der Waals surface area (Å²) in [6, 6.07) is 22.1. The zero-order chi connectivity index (χ0) is 22.9. The Labute approximate surface area is 194 Å². The quantitative estimate of drug-likeness (QED) is 0.363. The third-order valence-corrected chi connectivity index (χ3v) is 5.87. The van der Waals surface area contributed by atoms with Gasteiger partial charge in [-0.25, -0.2) is 4.79 Å². The van der Waals surface area contributed by atoms with E-state index >= 15 is 0 Å². The molecule has 8 heteroatoms. The van der Waals surface area contributed by atoms with Gasteiger partial charge in [0.1, 0.15) is 23.3 Å². The fourth-order valence-electron chi connectivity index (χ4n) is 4.04. The maximum atomic E-state index is 11.4. The first kappa shape index (κ1) is 20.7. The maximum absolute atomic E-state index is 11.4. The van der Waals surface area contributed by atoms with Gasteiger partial charge >= 0.3 is 5.97 Å². The molecule has 0 spiro atoms. The summed E-state index contributed by atoms with van der Waals surface area (Å²) >= 11 is 5.65. The van der Waals surface area contributed by atoms with Crippen LogP contribution in [0.2, 0.25) is 0 Å². The van der Waals surface area contributed by atoms with Gasteiger partial charge in [-0.2, -0.15) is 0 Å². The molecule has 0 saturated carbocycles. The van der Waals surface area contributed by atoms with Crippen molar-refractivity contribution in [2.45, 2.75) is 12.1 Å². The zero-order valence-corrected chi connectivity index (χ0v) is 18.1. The highest BCUT2D eigenvalue weighted by molar-refractivity contribution is 7.80. The highest BCUT2D eigenvalue weighted by Gasteiger charge is 2.43. The predicted molar refractivity (Wildman–Crippen MR) is 127 cm³/mol. The van der Waals surface area contributed by atoms with Crippen molar-refractivity contribution in [3.63, 3.8) is 0 Å². The fourth-order valence-corrected chi connectivity index (χ4v) is 4.38. The van der Waals surface area contributed by atoms with Crippen molar-refractivity contribution in [2.24, 2.45) is 0 Å². The number of nitrogens with one attached hydrogen (secondary N) is 1. The molecule has 164 valence electrons. The number of hydrogen-bond acceptors (Lipinski definition) is 5. The van der Waals surface area contributed by atoms with Gasteiger partial charge in [0.15, 0.2) is 5.11 Å². The van der Waals surface area contributed by atoms with Crippen LogP contribution < -0.4 is 10.2 Å². The van der Waals surface area contributed by atoms with Gasteiger partial charge in [0, 0.05) is 11.8 Å². The van der Waals surface area contributed by atoms with Crippen LogP contribution in [0.1, 0.15) is 33.9 Å². The normalized spacial score (nSPS) is 17.7. The molecule has 1 aliphatic heterocycles. The first-order valence-electron chi connectivity index (χ1n) is 10.2. The number of aromatic nitrogens is 1. The molecular formula is C25H19N3O4S. The van der Waals surface area contributed by atoms with Crippen LogP contribution in [0.3, 0.4) is 0 Å². The van der Waals surface area contributed by atoms with Gasteiger partial charge in [-0.3, -0.25) is 4.98 Å². The Morgan fingerprint density at radius 2 is 1.85 bits per heavy atom. The van der Waals surface area contributed by atoms with Crippen LogP contribution in [0.4, 0.5) is 5.69 Å². The van der Waals surface area contributed by atoms with Gasteiger partial charge in [0.25, 0.3) is 0 Å². The average molecular weight is 458 g/mol. The Kier molecular flexibility index (Phi) is 5.27. The van der Waals surface area contributed by atoms with E-state index in [4.69, 9.17) is 16.6 Å². The summed E-state index contributed by atoms with van der Waals surface area (Å²) in [5.74, 6) is 0.212. The second-order valence-corrected chi connectivity index (χ2v) is 7.96. The number of thiocarbonyl (C=S) groups is 1. The molecule has 5 rings (SSSR count). The van der Waals surface area contributed by atoms with Gasteiger partial charge in [0.2, 0.25) is 0 Å². The molecule has 0 aliphatic carbocycles. The minimum Gasteiger partial charge on any atom is -0.506 e. The molecule has 3 heterocycles. The summed E-state index contributed by atoms with van der Waals surface area (Å²) in [6.45, 7) is 0. The molecule has 4 aromatic rings. The number of nitrogens with zero attached hydrogens (tertiary/aromatic N) is 2. The second-order valence-electron chi connectivity index (χ2n) is 7.57. The van der Waals surface area contributed by atoms with Crippen molar-refractivity contribution >= 4 is 29.0 Å². The number of anilines is 1. The maximum Gasteiger partial charge on any atom is 0.335 e. The summed E-state index contributed by atoms with van der Waals surface area (Å²) in [7, 11) is 0. The lowest BCUT2D eigenvalue weighted by molar-refractivity contribution is 0.0697. The summed E-state index contributed by atoms with van der Waals surface area (Å²) < 4.78 is 6.24. The first-order valence-corrected chi connectivity index (χ1v) is 10.7. The summed E-state index contributed by atoms with van der Waals surface area (Å²) in [5, 5.41) is 23.6. The highest BCUT2D eigenvalue weighted by Crippen LogP contribution is 2.45. The number of para-hydroxylation sites is 2. The molecule has 1 saturated heterocycles. The van der Waals surface area contributed by atoms with Crippen LogP contribution >= 0.6 is 12.2 Å². The van der Waals surface area contributed by atoms with E-state index in [1.165, 1.54) is 6.07 Å². The van der Waals surface area contributed by atoms with Gasteiger partial charge in [-0.05, 0) is 60.7 Å². The molecule has 2 atom stereocenters. The van der Waals surface area contributed by atoms with Crippen molar-refractivity contribution < 1.29 is 19.4 Å². The minimum absolute atomic E-state index is 0.0919. The lowest BCUT2D eigenvalue weighted by Crippen LogP contribution is -2.29. The Hall–Kier alpha value is -4.17.